The second-order valence-electron chi connectivity index (χ2n) is 2.97. The monoisotopic (exact) mass is 216 g/mol. The molecule has 2 amide bonds. The number of rotatable bonds is 6. The van der Waals surface area contributed by atoms with E-state index >= 15 is 0 Å². The molecule has 0 aliphatic heterocycles. The maximum absolute atomic E-state index is 11.4. The molecule has 0 saturated heterocycles. The molecule has 0 bridgehead atoms. The van der Waals surface area contributed by atoms with Gasteiger partial charge < -0.3 is 15.3 Å². The molecule has 0 aliphatic carbocycles. The smallest absolute Gasteiger partial charge is 0.303 e. The molecule has 0 aromatic rings. The third-order valence-corrected chi connectivity index (χ3v) is 1.90. The Bertz CT molecular complexity index is 252. The number of amides is 2. The summed E-state index contributed by atoms with van der Waals surface area (Å²) in [5, 5.41) is 10.8. The lowest BCUT2D eigenvalue weighted by Crippen LogP contribution is -2.39. The average Bonchev–Trinajstić information content (AvgIpc) is 2.21. The van der Waals surface area contributed by atoms with Crippen molar-refractivity contribution in [2.45, 2.75) is 19.8 Å². The first-order valence-electron chi connectivity index (χ1n) is 4.71. The van der Waals surface area contributed by atoms with Crippen molar-refractivity contribution in [2.24, 2.45) is 0 Å². The Balaban J connectivity index is 4.10. The standard InChI is InChI=1S/C9H16N2O4/c1-3-11(6-7(12)10-2)8(13)4-5-9(14)15/h3-6H2,1-2H3,(H,10,12)(H,14,15). The lowest BCUT2D eigenvalue weighted by Gasteiger charge is -2.19. The lowest BCUT2D eigenvalue weighted by atomic mass is 10.2. The van der Waals surface area contributed by atoms with Crippen molar-refractivity contribution in [3.8, 4) is 0 Å². The molecule has 2 N–H and O–H groups in total. The summed E-state index contributed by atoms with van der Waals surface area (Å²) in [5.74, 6) is -1.59. The van der Waals surface area contributed by atoms with Gasteiger partial charge in [0.1, 0.15) is 0 Å². The van der Waals surface area contributed by atoms with Gasteiger partial charge in [-0.1, -0.05) is 0 Å². The van der Waals surface area contributed by atoms with Gasteiger partial charge in [-0.2, -0.15) is 0 Å². The van der Waals surface area contributed by atoms with Crippen molar-refractivity contribution >= 4 is 17.8 Å². The highest BCUT2D eigenvalue weighted by Crippen LogP contribution is 1.97. The van der Waals surface area contributed by atoms with Gasteiger partial charge in [0.2, 0.25) is 11.8 Å². The number of nitrogens with zero attached hydrogens (tertiary/aromatic N) is 1. The van der Waals surface area contributed by atoms with Crippen LogP contribution in [0.4, 0.5) is 0 Å². The zero-order valence-electron chi connectivity index (χ0n) is 8.95. The van der Waals surface area contributed by atoms with Crippen molar-refractivity contribution in [3.63, 3.8) is 0 Å². The Labute approximate surface area is 88.2 Å². The predicted molar refractivity (Wildman–Crippen MR) is 53.2 cm³/mol. The number of carboxylic acid groups (broad SMARTS) is 1. The number of carboxylic acids is 1. The number of hydrogen-bond donors (Lipinski definition) is 2. The van der Waals surface area contributed by atoms with Gasteiger partial charge in [0.15, 0.2) is 0 Å². The van der Waals surface area contributed by atoms with Crippen LogP contribution in [0.1, 0.15) is 19.8 Å². The number of likely N-dealkylation sites (N-methyl/N-ethyl adjacent to an activating group) is 2. The van der Waals surface area contributed by atoms with Crippen LogP contribution in [0.15, 0.2) is 0 Å². The molecule has 6 heteroatoms. The van der Waals surface area contributed by atoms with Crippen LogP contribution >= 0.6 is 0 Å². The van der Waals surface area contributed by atoms with E-state index in [0.717, 1.165) is 0 Å². The Hall–Kier alpha value is -1.59. The number of nitrogens with one attached hydrogen (secondary N) is 1. The molecular formula is C9H16N2O4. The number of aliphatic carboxylic acids is 1. The molecule has 6 nitrogen and oxygen atoms in total. The van der Waals surface area contributed by atoms with Gasteiger partial charge in [0, 0.05) is 20.0 Å². The summed E-state index contributed by atoms with van der Waals surface area (Å²) in [6.45, 7) is 2.11. The summed E-state index contributed by atoms with van der Waals surface area (Å²) in [5.41, 5.74) is 0. The molecule has 0 radical (unpaired) electrons. The van der Waals surface area contributed by atoms with Gasteiger partial charge in [0.25, 0.3) is 0 Å². The summed E-state index contributed by atoms with van der Waals surface area (Å²) in [6.07, 6.45) is -0.275. The highest BCUT2D eigenvalue weighted by Gasteiger charge is 2.15. The zero-order valence-corrected chi connectivity index (χ0v) is 8.95. The second kappa shape index (κ2) is 6.80. The highest BCUT2D eigenvalue weighted by atomic mass is 16.4. The van der Waals surface area contributed by atoms with Crippen LogP contribution < -0.4 is 5.32 Å². The van der Waals surface area contributed by atoms with Crippen molar-refractivity contribution < 1.29 is 19.5 Å². The molecule has 0 aromatic carbocycles. The van der Waals surface area contributed by atoms with E-state index < -0.39 is 5.97 Å². The quantitative estimate of drug-likeness (QED) is 0.623. The molecule has 0 heterocycles. The third-order valence-electron chi connectivity index (χ3n) is 1.90. The number of hydrogen-bond acceptors (Lipinski definition) is 3. The number of carbonyl (C=O) groups excluding carboxylic acids is 2. The normalized spacial score (nSPS) is 9.47. The average molecular weight is 216 g/mol. The minimum absolute atomic E-state index is 0.0224. The van der Waals surface area contributed by atoms with Crippen molar-refractivity contribution in [1.29, 1.82) is 0 Å². The first kappa shape index (κ1) is 13.4. The van der Waals surface area contributed by atoms with E-state index in [-0.39, 0.29) is 31.2 Å². The summed E-state index contributed by atoms with van der Waals surface area (Å²) in [4.78, 5) is 34.0. The summed E-state index contributed by atoms with van der Waals surface area (Å²) in [7, 11) is 1.48. The molecule has 0 atom stereocenters. The second-order valence-corrected chi connectivity index (χ2v) is 2.97. The Morgan fingerprint density at radius 2 is 1.87 bits per heavy atom. The summed E-state index contributed by atoms with van der Waals surface area (Å²) < 4.78 is 0. The molecule has 0 aromatic heterocycles. The molecule has 0 rings (SSSR count). The van der Waals surface area contributed by atoms with Crippen molar-refractivity contribution in [3.05, 3.63) is 0 Å². The Kier molecular flexibility index (Phi) is 6.08. The summed E-state index contributed by atoms with van der Waals surface area (Å²) >= 11 is 0. The van der Waals surface area contributed by atoms with Crippen molar-refractivity contribution in [1.82, 2.24) is 10.2 Å². The molecule has 0 saturated carbocycles. The van der Waals surface area contributed by atoms with Gasteiger partial charge in [-0.25, -0.2) is 0 Å². The molecule has 15 heavy (non-hydrogen) atoms. The molecule has 0 aliphatic rings. The van der Waals surface area contributed by atoms with Gasteiger partial charge in [-0.05, 0) is 6.92 Å². The minimum atomic E-state index is -1.01. The first-order valence-corrected chi connectivity index (χ1v) is 4.71. The van der Waals surface area contributed by atoms with E-state index in [1.165, 1.54) is 11.9 Å². The van der Waals surface area contributed by atoms with E-state index in [4.69, 9.17) is 5.11 Å². The molecule has 86 valence electrons. The Morgan fingerprint density at radius 3 is 2.27 bits per heavy atom. The number of carbonyl (C=O) groups is 3. The maximum atomic E-state index is 11.4. The first-order chi connectivity index (χ1) is 7.01. The van der Waals surface area contributed by atoms with Crippen LogP contribution in [0.25, 0.3) is 0 Å². The van der Waals surface area contributed by atoms with Gasteiger partial charge in [-0.3, -0.25) is 14.4 Å². The van der Waals surface area contributed by atoms with E-state index in [9.17, 15) is 14.4 Å². The third kappa shape index (κ3) is 5.66. The summed E-state index contributed by atoms with van der Waals surface area (Å²) in [6, 6.07) is 0. The molecule has 0 spiro atoms. The van der Waals surface area contributed by atoms with Crippen LogP contribution in [-0.4, -0.2) is 47.9 Å². The largest absolute Gasteiger partial charge is 0.481 e. The fraction of sp³-hybridized carbons (Fsp3) is 0.667. The van der Waals surface area contributed by atoms with Crippen LogP contribution in [0, 0.1) is 0 Å². The van der Waals surface area contributed by atoms with Crippen molar-refractivity contribution in [2.75, 3.05) is 20.1 Å². The highest BCUT2D eigenvalue weighted by molar-refractivity contribution is 5.86. The SMILES string of the molecule is CCN(CC(=O)NC)C(=O)CCC(=O)O. The van der Waals surface area contributed by atoms with E-state index in [1.54, 1.807) is 6.92 Å². The van der Waals surface area contributed by atoms with Crippen LogP contribution in [-0.2, 0) is 14.4 Å². The molecular weight excluding hydrogens is 200 g/mol. The minimum Gasteiger partial charge on any atom is -0.481 e. The van der Waals surface area contributed by atoms with E-state index in [0.29, 0.717) is 6.54 Å². The zero-order chi connectivity index (χ0) is 11.8. The van der Waals surface area contributed by atoms with Crippen LogP contribution in [0.3, 0.4) is 0 Å². The topological polar surface area (TPSA) is 86.7 Å². The Morgan fingerprint density at radius 1 is 1.27 bits per heavy atom. The van der Waals surface area contributed by atoms with E-state index in [1.807, 2.05) is 0 Å². The molecule has 0 fully saturated rings. The van der Waals surface area contributed by atoms with E-state index in [2.05, 4.69) is 5.32 Å². The van der Waals surface area contributed by atoms with Gasteiger partial charge in [-0.15, -0.1) is 0 Å². The maximum Gasteiger partial charge on any atom is 0.303 e. The lowest BCUT2D eigenvalue weighted by molar-refractivity contribution is -0.141. The fourth-order valence-electron chi connectivity index (χ4n) is 1.00. The van der Waals surface area contributed by atoms with Crippen LogP contribution in [0.5, 0.6) is 0 Å². The predicted octanol–water partition coefficient (Wildman–Crippen LogP) is -0.554. The van der Waals surface area contributed by atoms with Gasteiger partial charge >= 0.3 is 5.97 Å². The van der Waals surface area contributed by atoms with Crippen LogP contribution in [0.2, 0.25) is 0 Å². The fourth-order valence-corrected chi connectivity index (χ4v) is 1.00. The molecule has 0 unspecified atom stereocenters. The van der Waals surface area contributed by atoms with Gasteiger partial charge in [0.05, 0.1) is 13.0 Å².